The molecule has 0 fully saturated rings. The van der Waals surface area contributed by atoms with Gasteiger partial charge in [0.15, 0.2) is 0 Å². The summed E-state index contributed by atoms with van der Waals surface area (Å²) in [4.78, 5) is 23.1. The normalized spacial score (nSPS) is 10.4. The zero-order chi connectivity index (χ0) is 19.9. The number of hydrogen-bond donors (Lipinski definition) is 1. The summed E-state index contributed by atoms with van der Waals surface area (Å²) in [6.07, 6.45) is 0.813. The van der Waals surface area contributed by atoms with Crippen LogP contribution in [0.4, 0.5) is 11.5 Å². The van der Waals surface area contributed by atoms with Gasteiger partial charge in [-0.3, -0.25) is 4.79 Å². The third-order valence-corrected chi connectivity index (χ3v) is 4.36. The zero-order valence-corrected chi connectivity index (χ0v) is 16.3. The predicted octanol–water partition coefficient (Wildman–Crippen LogP) is 3.72. The summed E-state index contributed by atoms with van der Waals surface area (Å²) in [6.45, 7) is 2.47. The highest BCUT2D eigenvalue weighted by Crippen LogP contribution is 2.16. The fourth-order valence-electron chi connectivity index (χ4n) is 2.87. The Morgan fingerprint density at radius 2 is 1.86 bits per heavy atom. The quantitative estimate of drug-likeness (QED) is 0.681. The number of hydrogen-bond acceptors (Lipinski definition) is 5. The number of anilines is 2. The Balaban J connectivity index is 1.68. The Morgan fingerprint density at radius 1 is 1.07 bits per heavy atom. The third kappa shape index (κ3) is 4.85. The lowest BCUT2D eigenvalue weighted by molar-refractivity contribution is 0.0988. The van der Waals surface area contributed by atoms with Crippen LogP contribution >= 0.6 is 0 Å². The van der Waals surface area contributed by atoms with Gasteiger partial charge in [0.25, 0.3) is 5.91 Å². The van der Waals surface area contributed by atoms with E-state index in [2.05, 4.69) is 21.4 Å². The number of benzene rings is 2. The number of methoxy groups -OCH3 is 1. The van der Waals surface area contributed by atoms with E-state index >= 15 is 0 Å². The maximum absolute atomic E-state index is 12.8. The first-order chi connectivity index (χ1) is 13.6. The molecule has 0 radical (unpaired) electrons. The monoisotopic (exact) mass is 376 g/mol. The minimum Gasteiger partial charge on any atom is -0.497 e. The lowest BCUT2D eigenvalue weighted by Crippen LogP contribution is -2.27. The molecule has 6 nitrogen and oxygen atoms in total. The number of carbonyl (C=O) groups excluding carboxylic acids is 1. The van der Waals surface area contributed by atoms with Crippen LogP contribution in [-0.4, -0.2) is 36.6 Å². The Labute approximate surface area is 165 Å². The van der Waals surface area contributed by atoms with E-state index in [9.17, 15) is 4.79 Å². The van der Waals surface area contributed by atoms with E-state index in [0.717, 1.165) is 23.4 Å². The fraction of sp³-hybridized carbons (Fsp3) is 0.227. The smallest absolute Gasteiger partial charge is 0.276 e. The van der Waals surface area contributed by atoms with Crippen LogP contribution < -0.4 is 15.0 Å². The van der Waals surface area contributed by atoms with Crippen LogP contribution in [0.2, 0.25) is 0 Å². The molecule has 0 bridgehead atoms. The SMILES string of the molecule is COc1cccc(CCNc2cc(C(=O)N(C)c3ccccc3)nc(C)n2)c1. The summed E-state index contributed by atoms with van der Waals surface area (Å²) in [6, 6.07) is 19.1. The zero-order valence-electron chi connectivity index (χ0n) is 16.3. The van der Waals surface area contributed by atoms with Crippen molar-refractivity contribution in [2.24, 2.45) is 0 Å². The Bertz CT molecular complexity index is 944. The first-order valence-corrected chi connectivity index (χ1v) is 9.12. The van der Waals surface area contributed by atoms with Crippen LogP contribution in [0.3, 0.4) is 0 Å². The second-order valence-corrected chi connectivity index (χ2v) is 6.41. The van der Waals surface area contributed by atoms with Crippen molar-refractivity contribution in [1.82, 2.24) is 9.97 Å². The van der Waals surface area contributed by atoms with Crippen molar-refractivity contribution in [3.8, 4) is 5.75 Å². The van der Waals surface area contributed by atoms with Crippen molar-refractivity contribution in [2.45, 2.75) is 13.3 Å². The van der Waals surface area contributed by atoms with Gasteiger partial charge in [0.1, 0.15) is 23.1 Å². The van der Waals surface area contributed by atoms with Crippen LogP contribution in [0, 0.1) is 6.92 Å². The highest BCUT2D eigenvalue weighted by atomic mass is 16.5. The molecule has 1 heterocycles. The minimum absolute atomic E-state index is 0.174. The number of para-hydroxylation sites is 1. The van der Waals surface area contributed by atoms with Crippen molar-refractivity contribution in [1.29, 1.82) is 0 Å². The van der Waals surface area contributed by atoms with Crippen molar-refractivity contribution < 1.29 is 9.53 Å². The largest absolute Gasteiger partial charge is 0.497 e. The van der Waals surface area contributed by atoms with Crippen molar-refractivity contribution in [3.05, 3.63) is 77.7 Å². The van der Waals surface area contributed by atoms with Crippen LogP contribution in [-0.2, 0) is 6.42 Å². The average molecular weight is 376 g/mol. The van der Waals surface area contributed by atoms with Gasteiger partial charge in [-0.05, 0) is 43.2 Å². The number of nitrogens with one attached hydrogen (secondary N) is 1. The average Bonchev–Trinajstić information content (AvgIpc) is 2.73. The number of aromatic nitrogens is 2. The molecular weight excluding hydrogens is 352 g/mol. The molecule has 144 valence electrons. The molecule has 0 aliphatic rings. The lowest BCUT2D eigenvalue weighted by atomic mass is 10.1. The molecule has 3 aromatic rings. The standard InChI is InChI=1S/C22H24N4O2/c1-16-24-20(22(27)26(2)18-9-5-4-6-10-18)15-21(25-16)23-13-12-17-8-7-11-19(14-17)28-3/h4-11,14-15H,12-13H2,1-3H3,(H,23,24,25). The lowest BCUT2D eigenvalue weighted by Gasteiger charge is -2.17. The Morgan fingerprint density at radius 3 is 2.61 bits per heavy atom. The number of rotatable bonds is 7. The van der Waals surface area contributed by atoms with Gasteiger partial charge < -0.3 is 15.0 Å². The molecule has 1 N–H and O–H groups in total. The molecule has 1 aromatic heterocycles. The number of amides is 1. The number of nitrogens with zero attached hydrogens (tertiary/aromatic N) is 3. The molecule has 3 rings (SSSR count). The summed E-state index contributed by atoms with van der Waals surface area (Å²) >= 11 is 0. The molecule has 2 aromatic carbocycles. The van der Waals surface area contributed by atoms with Crippen LogP contribution in [0.15, 0.2) is 60.7 Å². The minimum atomic E-state index is -0.174. The first-order valence-electron chi connectivity index (χ1n) is 9.12. The molecule has 0 aliphatic carbocycles. The van der Waals surface area contributed by atoms with Gasteiger partial charge in [-0.15, -0.1) is 0 Å². The van der Waals surface area contributed by atoms with Gasteiger partial charge in [0.2, 0.25) is 0 Å². The predicted molar refractivity (Wildman–Crippen MR) is 111 cm³/mol. The first kappa shape index (κ1) is 19.4. The summed E-state index contributed by atoms with van der Waals surface area (Å²) in [5.41, 5.74) is 2.34. The van der Waals surface area contributed by atoms with E-state index in [-0.39, 0.29) is 5.91 Å². The van der Waals surface area contributed by atoms with Crippen molar-refractivity contribution in [2.75, 3.05) is 30.9 Å². The second-order valence-electron chi connectivity index (χ2n) is 6.41. The van der Waals surface area contributed by atoms with Crippen molar-refractivity contribution >= 4 is 17.4 Å². The fourth-order valence-corrected chi connectivity index (χ4v) is 2.87. The van der Waals surface area contributed by atoms with Gasteiger partial charge in [-0.2, -0.15) is 0 Å². The van der Waals surface area contributed by atoms with E-state index in [0.29, 0.717) is 23.9 Å². The second kappa shape index (κ2) is 8.99. The molecule has 0 aliphatic heterocycles. The molecule has 6 heteroatoms. The molecule has 28 heavy (non-hydrogen) atoms. The number of aryl methyl sites for hydroxylation is 1. The number of ether oxygens (including phenoxy) is 1. The highest BCUT2D eigenvalue weighted by Gasteiger charge is 2.16. The molecule has 1 amide bonds. The maximum atomic E-state index is 12.8. The van der Waals surface area contributed by atoms with Gasteiger partial charge >= 0.3 is 0 Å². The third-order valence-electron chi connectivity index (χ3n) is 4.36. The van der Waals surface area contributed by atoms with Gasteiger partial charge in [0.05, 0.1) is 7.11 Å². The summed E-state index contributed by atoms with van der Waals surface area (Å²) in [5, 5.41) is 3.28. The molecular formula is C22H24N4O2. The van der Waals surface area contributed by atoms with E-state index in [4.69, 9.17) is 4.74 Å². The van der Waals surface area contributed by atoms with E-state index in [1.165, 1.54) is 0 Å². The van der Waals surface area contributed by atoms with E-state index in [1.807, 2.05) is 48.5 Å². The van der Waals surface area contributed by atoms with Crippen LogP contribution in [0.1, 0.15) is 21.9 Å². The number of carbonyl (C=O) groups is 1. The summed E-state index contributed by atoms with van der Waals surface area (Å²) in [5.74, 6) is 1.86. The van der Waals surface area contributed by atoms with Gasteiger partial charge in [-0.1, -0.05) is 30.3 Å². The molecule has 0 atom stereocenters. The molecule has 0 saturated heterocycles. The molecule has 0 saturated carbocycles. The van der Waals surface area contributed by atoms with E-state index < -0.39 is 0 Å². The maximum Gasteiger partial charge on any atom is 0.276 e. The molecule has 0 spiro atoms. The highest BCUT2D eigenvalue weighted by molar-refractivity contribution is 6.04. The Hall–Kier alpha value is -3.41. The Kier molecular flexibility index (Phi) is 6.22. The summed E-state index contributed by atoms with van der Waals surface area (Å²) < 4.78 is 5.25. The van der Waals surface area contributed by atoms with Crippen molar-refractivity contribution in [3.63, 3.8) is 0 Å². The van der Waals surface area contributed by atoms with E-state index in [1.54, 1.807) is 32.0 Å². The van der Waals surface area contributed by atoms with Crippen LogP contribution in [0.5, 0.6) is 5.75 Å². The van der Waals surface area contributed by atoms with Crippen LogP contribution in [0.25, 0.3) is 0 Å². The topological polar surface area (TPSA) is 67.3 Å². The molecule has 0 unspecified atom stereocenters. The van der Waals surface area contributed by atoms with Gasteiger partial charge in [0, 0.05) is 25.3 Å². The summed E-state index contributed by atoms with van der Waals surface area (Å²) in [7, 11) is 3.40. The van der Waals surface area contributed by atoms with Gasteiger partial charge in [-0.25, -0.2) is 9.97 Å².